The smallest absolute Gasteiger partial charge is 0.287 e. The summed E-state index contributed by atoms with van der Waals surface area (Å²) in [5.41, 5.74) is 0.477. The van der Waals surface area contributed by atoms with Crippen molar-refractivity contribution in [3.63, 3.8) is 0 Å². The Hall–Kier alpha value is -1.59. The Morgan fingerprint density at radius 2 is 2.16 bits per heavy atom. The average molecular weight is 302 g/mol. The highest BCUT2D eigenvalue weighted by atomic mass is 35.5. The van der Waals surface area contributed by atoms with Gasteiger partial charge in [0.25, 0.3) is 5.56 Å². The topological polar surface area (TPSA) is 46.9 Å². The number of aryl methyl sites for hydroxylation is 1. The Balaban J connectivity index is 2.36. The van der Waals surface area contributed by atoms with E-state index in [1.54, 1.807) is 6.92 Å². The third-order valence-corrected chi connectivity index (χ3v) is 3.14. The molecule has 7 heteroatoms. The fourth-order valence-corrected chi connectivity index (χ4v) is 1.88. The molecule has 0 bridgehead atoms. The van der Waals surface area contributed by atoms with Gasteiger partial charge in [0, 0.05) is 12.2 Å². The second-order valence-electron chi connectivity index (χ2n) is 3.75. The lowest BCUT2D eigenvalue weighted by molar-refractivity contribution is 0.616. The third kappa shape index (κ3) is 2.88. The highest BCUT2D eigenvalue weighted by Gasteiger charge is 2.09. The Bertz CT molecular complexity index is 673. The Labute approximate surface area is 118 Å². The van der Waals surface area contributed by atoms with Gasteiger partial charge in [-0.1, -0.05) is 23.2 Å². The van der Waals surface area contributed by atoms with Gasteiger partial charge in [-0.2, -0.15) is 5.10 Å². The first-order valence-electron chi connectivity index (χ1n) is 5.50. The molecule has 0 aliphatic rings. The second-order valence-corrected chi connectivity index (χ2v) is 4.53. The van der Waals surface area contributed by atoms with Crippen molar-refractivity contribution in [2.75, 3.05) is 5.32 Å². The number of aromatic nitrogens is 2. The first kappa shape index (κ1) is 13.8. The number of halogens is 3. The monoisotopic (exact) mass is 301 g/mol. The van der Waals surface area contributed by atoms with Crippen LogP contribution in [0.4, 0.5) is 15.8 Å². The molecule has 2 aromatic rings. The lowest BCUT2D eigenvalue weighted by Gasteiger charge is -2.09. The molecule has 1 N–H and O–H groups in total. The van der Waals surface area contributed by atoms with E-state index in [2.05, 4.69) is 10.4 Å². The molecule has 0 saturated carbocycles. The summed E-state index contributed by atoms with van der Waals surface area (Å²) >= 11 is 11.6. The summed E-state index contributed by atoms with van der Waals surface area (Å²) in [4.78, 5) is 11.8. The molecule has 1 aromatic carbocycles. The number of rotatable bonds is 3. The largest absolute Gasteiger partial charge is 0.353 e. The number of hydrogen-bond donors (Lipinski definition) is 1. The van der Waals surface area contributed by atoms with Gasteiger partial charge in [0.15, 0.2) is 0 Å². The van der Waals surface area contributed by atoms with E-state index in [0.717, 1.165) is 0 Å². The summed E-state index contributed by atoms with van der Waals surface area (Å²) < 4.78 is 14.3. The van der Waals surface area contributed by atoms with Crippen molar-refractivity contribution < 1.29 is 4.39 Å². The van der Waals surface area contributed by atoms with Crippen LogP contribution in [0.5, 0.6) is 0 Å². The van der Waals surface area contributed by atoms with Crippen molar-refractivity contribution in [3.05, 3.63) is 50.6 Å². The zero-order chi connectivity index (χ0) is 14.0. The molecule has 0 radical (unpaired) electrons. The fraction of sp³-hybridized carbons (Fsp3) is 0.167. The predicted molar refractivity (Wildman–Crippen MR) is 73.9 cm³/mol. The van der Waals surface area contributed by atoms with E-state index >= 15 is 0 Å². The predicted octanol–water partition coefficient (Wildman–Crippen LogP) is 3.45. The fourth-order valence-electron chi connectivity index (χ4n) is 1.51. The summed E-state index contributed by atoms with van der Waals surface area (Å²) in [6, 6.07) is 4.11. The van der Waals surface area contributed by atoms with Crippen LogP contribution in [0.25, 0.3) is 0 Å². The molecule has 0 spiro atoms. The maximum absolute atomic E-state index is 13.0. The van der Waals surface area contributed by atoms with Crippen LogP contribution in [0, 0.1) is 5.82 Å². The highest BCUT2D eigenvalue weighted by molar-refractivity contribution is 6.33. The Morgan fingerprint density at radius 3 is 2.79 bits per heavy atom. The van der Waals surface area contributed by atoms with Crippen LogP contribution in [-0.2, 0) is 6.54 Å². The minimum absolute atomic E-state index is 0.0176. The van der Waals surface area contributed by atoms with Gasteiger partial charge in [-0.15, -0.1) is 0 Å². The molecule has 0 fully saturated rings. The molecule has 1 aromatic heterocycles. The number of anilines is 2. The van der Waals surface area contributed by atoms with Crippen LogP contribution in [0.1, 0.15) is 6.92 Å². The Morgan fingerprint density at radius 1 is 1.42 bits per heavy atom. The third-order valence-electron chi connectivity index (χ3n) is 2.48. The van der Waals surface area contributed by atoms with Gasteiger partial charge in [0.05, 0.1) is 16.9 Å². The Kier molecular flexibility index (Phi) is 4.07. The minimum Gasteiger partial charge on any atom is -0.353 e. The van der Waals surface area contributed by atoms with Crippen LogP contribution >= 0.6 is 23.2 Å². The molecular weight excluding hydrogens is 292 g/mol. The lowest BCUT2D eigenvalue weighted by atomic mass is 10.3. The normalized spacial score (nSPS) is 10.5. The molecule has 0 aliphatic carbocycles. The zero-order valence-electron chi connectivity index (χ0n) is 9.95. The van der Waals surface area contributed by atoms with E-state index in [0.29, 0.717) is 17.9 Å². The molecule has 100 valence electrons. The second kappa shape index (κ2) is 5.59. The quantitative estimate of drug-likeness (QED) is 0.944. The summed E-state index contributed by atoms with van der Waals surface area (Å²) in [5, 5.41) is 6.83. The van der Waals surface area contributed by atoms with Crippen LogP contribution in [0.15, 0.2) is 29.2 Å². The highest BCUT2D eigenvalue weighted by Crippen LogP contribution is 2.24. The lowest BCUT2D eigenvalue weighted by Crippen LogP contribution is -2.22. The maximum Gasteiger partial charge on any atom is 0.287 e. The van der Waals surface area contributed by atoms with Crippen LogP contribution < -0.4 is 10.9 Å². The van der Waals surface area contributed by atoms with Crippen molar-refractivity contribution >= 4 is 34.6 Å². The SMILES string of the molecule is CCn1ncc(Nc2ccc(F)c(Cl)c2)c(Cl)c1=O. The van der Waals surface area contributed by atoms with Gasteiger partial charge in [-0.25, -0.2) is 9.07 Å². The molecule has 2 rings (SSSR count). The van der Waals surface area contributed by atoms with Gasteiger partial charge in [0.2, 0.25) is 0 Å². The number of nitrogens with zero attached hydrogens (tertiary/aromatic N) is 2. The van der Waals surface area contributed by atoms with E-state index in [9.17, 15) is 9.18 Å². The van der Waals surface area contributed by atoms with Gasteiger partial charge < -0.3 is 5.32 Å². The minimum atomic E-state index is -0.516. The summed E-state index contributed by atoms with van der Waals surface area (Å²) in [6.07, 6.45) is 1.44. The van der Waals surface area contributed by atoms with Gasteiger partial charge >= 0.3 is 0 Å². The van der Waals surface area contributed by atoms with Crippen molar-refractivity contribution in [2.45, 2.75) is 13.5 Å². The van der Waals surface area contributed by atoms with Crippen LogP contribution in [-0.4, -0.2) is 9.78 Å². The van der Waals surface area contributed by atoms with Gasteiger partial charge in [-0.3, -0.25) is 4.79 Å². The van der Waals surface area contributed by atoms with E-state index in [1.807, 2.05) is 0 Å². The standard InChI is InChI=1S/C12H10Cl2FN3O/c1-2-18-12(19)11(14)10(6-16-18)17-7-3-4-9(15)8(13)5-7/h3-6,17H,2H2,1H3. The molecule has 0 aliphatic heterocycles. The zero-order valence-corrected chi connectivity index (χ0v) is 11.5. The van der Waals surface area contributed by atoms with Crippen molar-refractivity contribution in [1.82, 2.24) is 9.78 Å². The van der Waals surface area contributed by atoms with Crippen LogP contribution in [0.3, 0.4) is 0 Å². The average Bonchev–Trinajstić information content (AvgIpc) is 2.40. The van der Waals surface area contributed by atoms with E-state index in [1.165, 1.54) is 29.1 Å². The van der Waals surface area contributed by atoms with Crippen molar-refractivity contribution in [3.8, 4) is 0 Å². The molecule has 0 amide bonds. The first-order chi connectivity index (χ1) is 9.02. The molecule has 4 nitrogen and oxygen atoms in total. The van der Waals surface area contributed by atoms with Crippen molar-refractivity contribution in [1.29, 1.82) is 0 Å². The number of benzene rings is 1. The number of nitrogens with one attached hydrogen (secondary N) is 1. The maximum atomic E-state index is 13.0. The summed E-state index contributed by atoms with van der Waals surface area (Å²) in [7, 11) is 0. The van der Waals surface area contributed by atoms with Crippen LogP contribution in [0.2, 0.25) is 10.0 Å². The summed E-state index contributed by atoms with van der Waals surface area (Å²) in [6.45, 7) is 2.22. The van der Waals surface area contributed by atoms with E-state index in [-0.39, 0.29) is 15.6 Å². The van der Waals surface area contributed by atoms with Crippen molar-refractivity contribution in [2.24, 2.45) is 0 Å². The van der Waals surface area contributed by atoms with E-state index < -0.39 is 5.82 Å². The van der Waals surface area contributed by atoms with E-state index in [4.69, 9.17) is 23.2 Å². The first-order valence-corrected chi connectivity index (χ1v) is 6.26. The molecule has 19 heavy (non-hydrogen) atoms. The molecule has 1 heterocycles. The molecule has 0 atom stereocenters. The van der Waals surface area contributed by atoms with Gasteiger partial charge in [0.1, 0.15) is 10.8 Å². The molecule has 0 unspecified atom stereocenters. The number of hydrogen-bond acceptors (Lipinski definition) is 3. The van der Waals surface area contributed by atoms with Gasteiger partial charge in [-0.05, 0) is 25.1 Å². The summed E-state index contributed by atoms with van der Waals surface area (Å²) in [5.74, 6) is -0.516. The molecule has 0 saturated heterocycles. The molecular formula is C12H10Cl2FN3O.